The molecule has 8 heteroatoms. The van der Waals surface area contributed by atoms with Crippen molar-refractivity contribution >= 4 is 17.8 Å². The fraction of sp³-hybridized carbons (Fsp3) is 0.263. The van der Waals surface area contributed by atoms with Gasteiger partial charge in [-0.2, -0.15) is 0 Å². The van der Waals surface area contributed by atoms with Crippen LogP contribution >= 0.6 is 0 Å². The van der Waals surface area contributed by atoms with Crippen LogP contribution in [0.25, 0.3) is 0 Å². The van der Waals surface area contributed by atoms with E-state index in [1.54, 1.807) is 34.3 Å². The van der Waals surface area contributed by atoms with E-state index < -0.39 is 5.97 Å². The minimum Gasteiger partial charge on any atom is -0.545 e. The summed E-state index contributed by atoms with van der Waals surface area (Å²) in [6, 6.07) is 9.45. The number of nitrogens with zero attached hydrogens (tertiary/aromatic N) is 3. The fourth-order valence-corrected chi connectivity index (χ4v) is 2.91. The summed E-state index contributed by atoms with van der Waals surface area (Å²) in [6.07, 6.45) is 3.62. The van der Waals surface area contributed by atoms with E-state index in [1.807, 2.05) is 6.07 Å². The molecule has 1 aliphatic heterocycles. The molecule has 0 saturated carbocycles. The first-order valence-corrected chi connectivity index (χ1v) is 8.32. The second-order valence-corrected chi connectivity index (χ2v) is 6.08. The molecule has 134 valence electrons. The van der Waals surface area contributed by atoms with Gasteiger partial charge in [0.1, 0.15) is 0 Å². The van der Waals surface area contributed by atoms with Gasteiger partial charge in [-0.05, 0) is 29.3 Å². The Hall–Kier alpha value is -2.22. The number of aromatic nitrogens is 1. The quantitative estimate of drug-likeness (QED) is 0.530. The Kier molecular flexibility index (Phi) is 7.53. The maximum absolute atomic E-state index is 12.5. The summed E-state index contributed by atoms with van der Waals surface area (Å²) in [5, 5.41) is 10.9. The molecule has 0 aliphatic carbocycles. The van der Waals surface area contributed by atoms with Gasteiger partial charge in [0.25, 0.3) is 5.91 Å². The summed E-state index contributed by atoms with van der Waals surface area (Å²) < 4.78 is 0. The van der Waals surface area contributed by atoms with Crippen molar-refractivity contribution in [2.24, 2.45) is 0 Å². The Labute approximate surface area is 179 Å². The topological polar surface area (TPSA) is 93.6 Å². The van der Waals surface area contributed by atoms with Gasteiger partial charge in [0, 0.05) is 44.1 Å². The van der Waals surface area contributed by atoms with Gasteiger partial charge in [0.2, 0.25) is 5.91 Å². The number of carboxylic acid groups (broad SMARTS) is 1. The van der Waals surface area contributed by atoms with Gasteiger partial charge < -0.3 is 19.7 Å². The molecule has 1 aliphatic rings. The van der Waals surface area contributed by atoms with Crippen LogP contribution in [0.15, 0.2) is 48.8 Å². The number of carbonyl (C=O) groups excluding carboxylic acids is 3. The first kappa shape index (κ1) is 21.1. The smallest absolute Gasteiger partial charge is 0.545 e. The second-order valence-electron chi connectivity index (χ2n) is 6.08. The summed E-state index contributed by atoms with van der Waals surface area (Å²) in [6.45, 7) is 1.72. The molecule has 7 nitrogen and oxygen atoms in total. The number of rotatable bonds is 4. The molecule has 1 aromatic carbocycles. The first-order valence-electron chi connectivity index (χ1n) is 8.32. The molecular weight excluding hydrogens is 357 g/mol. The Morgan fingerprint density at radius 3 is 2.26 bits per heavy atom. The molecule has 2 aromatic rings. The van der Waals surface area contributed by atoms with E-state index in [1.165, 1.54) is 18.2 Å². The molecule has 27 heavy (non-hydrogen) atoms. The predicted octanol–water partition coefficient (Wildman–Crippen LogP) is -3.02. The molecule has 1 fully saturated rings. The number of benzene rings is 1. The Morgan fingerprint density at radius 2 is 1.63 bits per heavy atom. The van der Waals surface area contributed by atoms with Gasteiger partial charge in [0.05, 0.1) is 12.4 Å². The van der Waals surface area contributed by atoms with Gasteiger partial charge in [-0.1, -0.05) is 18.2 Å². The molecule has 0 atom stereocenters. The number of carboxylic acids is 1. The molecule has 0 unspecified atom stereocenters. The summed E-state index contributed by atoms with van der Waals surface area (Å²) in [5.74, 6) is -1.55. The van der Waals surface area contributed by atoms with E-state index in [0.29, 0.717) is 31.7 Å². The van der Waals surface area contributed by atoms with Crippen molar-refractivity contribution in [2.75, 3.05) is 26.2 Å². The monoisotopic (exact) mass is 375 g/mol. The maximum Gasteiger partial charge on any atom is 1.00 e. The number of aromatic carboxylic acids is 1. The van der Waals surface area contributed by atoms with Crippen LogP contribution in [-0.4, -0.2) is 58.7 Å². The maximum atomic E-state index is 12.5. The molecule has 0 bridgehead atoms. The van der Waals surface area contributed by atoms with Crippen LogP contribution in [-0.2, 0) is 11.2 Å². The van der Waals surface area contributed by atoms with Gasteiger partial charge in [-0.3, -0.25) is 14.6 Å². The molecule has 1 aromatic heterocycles. The van der Waals surface area contributed by atoms with Crippen LogP contribution < -0.4 is 34.7 Å². The van der Waals surface area contributed by atoms with E-state index in [4.69, 9.17) is 0 Å². The molecule has 0 N–H and O–H groups in total. The molecule has 2 heterocycles. The third kappa shape index (κ3) is 5.38. The minimum atomic E-state index is -1.31. The summed E-state index contributed by atoms with van der Waals surface area (Å²) in [7, 11) is 0. The average Bonchev–Trinajstić information content (AvgIpc) is 2.68. The summed E-state index contributed by atoms with van der Waals surface area (Å²) >= 11 is 0. The molecule has 1 saturated heterocycles. The van der Waals surface area contributed by atoms with Crippen LogP contribution in [0.5, 0.6) is 0 Å². The van der Waals surface area contributed by atoms with Crippen LogP contribution in [0.4, 0.5) is 0 Å². The fourth-order valence-electron chi connectivity index (χ4n) is 2.91. The zero-order chi connectivity index (χ0) is 18.5. The predicted molar refractivity (Wildman–Crippen MR) is 91.2 cm³/mol. The normalized spacial score (nSPS) is 13.6. The van der Waals surface area contributed by atoms with Gasteiger partial charge in [-0.15, -0.1) is 0 Å². The summed E-state index contributed by atoms with van der Waals surface area (Å²) in [5.41, 5.74) is 1.14. The number of hydrogen-bond donors (Lipinski definition) is 0. The SMILES string of the molecule is O=C([O-])c1cccc(C(=O)N2CCN(C(=O)Cc3cccnc3)CC2)c1.[Na+]. The molecule has 3 rings (SSSR count). The van der Waals surface area contributed by atoms with Crippen molar-refractivity contribution in [1.82, 2.24) is 14.8 Å². The van der Waals surface area contributed by atoms with Crippen molar-refractivity contribution in [2.45, 2.75) is 6.42 Å². The van der Waals surface area contributed by atoms with Gasteiger partial charge in [-0.25, -0.2) is 0 Å². The number of piperazine rings is 1. The zero-order valence-corrected chi connectivity index (χ0v) is 17.1. The van der Waals surface area contributed by atoms with Crippen LogP contribution in [0.1, 0.15) is 26.3 Å². The second kappa shape index (κ2) is 9.64. The van der Waals surface area contributed by atoms with Crippen molar-refractivity contribution in [3.8, 4) is 0 Å². The number of pyridine rings is 1. The minimum absolute atomic E-state index is 0. The van der Waals surface area contributed by atoms with E-state index in [9.17, 15) is 19.5 Å². The molecular formula is C19H18N3NaO4. The summed E-state index contributed by atoms with van der Waals surface area (Å²) in [4.78, 5) is 43.2. The standard InChI is InChI=1S/C19H19N3O4.Na/c23-17(11-14-3-2-6-20-13-14)21-7-9-22(10-8-21)18(24)15-4-1-5-16(12-15)19(25)26;/h1-6,12-13H,7-11H2,(H,25,26);/q;+1/p-1. The van der Waals surface area contributed by atoms with E-state index in [-0.39, 0.29) is 53.4 Å². The molecule has 0 spiro atoms. The van der Waals surface area contributed by atoms with E-state index in [2.05, 4.69) is 4.98 Å². The van der Waals surface area contributed by atoms with Gasteiger partial charge in [0.15, 0.2) is 0 Å². The van der Waals surface area contributed by atoms with Crippen LogP contribution in [0.2, 0.25) is 0 Å². The first-order chi connectivity index (χ1) is 12.5. The molecule has 2 amide bonds. The Balaban J connectivity index is 0.00000261. The molecule has 0 radical (unpaired) electrons. The Bertz CT molecular complexity index is 821. The van der Waals surface area contributed by atoms with E-state index >= 15 is 0 Å². The van der Waals surface area contributed by atoms with Crippen molar-refractivity contribution in [3.05, 3.63) is 65.5 Å². The Morgan fingerprint density at radius 1 is 0.963 bits per heavy atom. The third-order valence-electron chi connectivity index (χ3n) is 4.34. The largest absolute Gasteiger partial charge is 1.00 e. The van der Waals surface area contributed by atoms with E-state index in [0.717, 1.165) is 5.56 Å². The number of carbonyl (C=O) groups is 3. The number of amides is 2. The van der Waals surface area contributed by atoms with Gasteiger partial charge >= 0.3 is 29.6 Å². The average molecular weight is 375 g/mol. The zero-order valence-electron chi connectivity index (χ0n) is 15.1. The van der Waals surface area contributed by atoms with Crippen LogP contribution in [0.3, 0.4) is 0 Å². The van der Waals surface area contributed by atoms with Crippen molar-refractivity contribution in [3.63, 3.8) is 0 Å². The number of hydrogen-bond acceptors (Lipinski definition) is 5. The van der Waals surface area contributed by atoms with Crippen molar-refractivity contribution in [1.29, 1.82) is 0 Å². The van der Waals surface area contributed by atoms with Crippen molar-refractivity contribution < 1.29 is 49.0 Å². The third-order valence-corrected chi connectivity index (χ3v) is 4.34. The van der Waals surface area contributed by atoms with Crippen LogP contribution in [0, 0.1) is 0 Å².